The van der Waals surface area contributed by atoms with E-state index in [0.717, 1.165) is 36.9 Å². The molecule has 4 bridgehead atoms. The fourth-order valence-electron chi connectivity index (χ4n) is 5.62. The largest absolute Gasteiger partial charge is 0.390 e. The summed E-state index contributed by atoms with van der Waals surface area (Å²) in [4.78, 5) is 13.0. The Balaban J connectivity index is 1.61. The van der Waals surface area contributed by atoms with Crippen LogP contribution >= 0.6 is 0 Å². The van der Waals surface area contributed by atoms with Gasteiger partial charge in [0.2, 0.25) is 5.91 Å². The van der Waals surface area contributed by atoms with Crippen molar-refractivity contribution in [1.29, 1.82) is 0 Å². The molecule has 0 radical (unpaired) electrons. The number of aliphatic hydroxyl groups is 1. The Kier molecular flexibility index (Phi) is 2.96. The summed E-state index contributed by atoms with van der Waals surface area (Å²) < 4.78 is 0. The number of hydrogen-bond acceptors (Lipinski definition) is 2. The summed E-state index contributed by atoms with van der Waals surface area (Å²) in [5.74, 6) is 1.21. The molecule has 2 unspecified atom stereocenters. The zero-order chi connectivity index (χ0) is 15.5. The van der Waals surface area contributed by atoms with Gasteiger partial charge in [-0.25, -0.2) is 0 Å². The second-order valence-electron chi connectivity index (χ2n) is 8.17. The smallest absolute Gasteiger partial charge is 0.230 e. The fraction of sp³-hybridized carbons (Fsp3) is 0.632. The van der Waals surface area contributed by atoms with Crippen LogP contribution < -0.4 is 5.32 Å². The van der Waals surface area contributed by atoms with Crippen LogP contribution in [0.15, 0.2) is 18.2 Å². The van der Waals surface area contributed by atoms with Gasteiger partial charge >= 0.3 is 0 Å². The highest BCUT2D eigenvalue weighted by Crippen LogP contribution is 2.61. The van der Waals surface area contributed by atoms with Crippen LogP contribution in [0, 0.1) is 31.1 Å². The second kappa shape index (κ2) is 4.58. The molecule has 1 aromatic rings. The van der Waals surface area contributed by atoms with Crippen molar-refractivity contribution >= 4 is 11.6 Å². The van der Waals surface area contributed by atoms with Gasteiger partial charge < -0.3 is 10.4 Å². The summed E-state index contributed by atoms with van der Waals surface area (Å²) in [5, 5.41) is 14.0. The minimum atomic E-state index is -0.580. The Morgan fingerprint density at radius 2 is 1.86 bits per heavy atom. The lowest BCUT2D eigenvalue weighted by Gasteiger charge is -2.59. The number of aryl methyl sites for hydroxylation is 1. The van der Waals surface area contributed by atoms with E-state index >= 15 is 0 Å². The van der Waals surface area contributed by atoms with Crippen LogP contribution in [-0.4, -0.2) is 16.6 Å². The average molecular weight is 299 g/mol. The molecule has 4 saturated carbocycles. The molecule has 0 saturated heterocycles. The van der Waals surface area contributed by atoms with Crippen molar-refractivity contribution in [2.24, 2.45) is 17.3 Å². The molecule has 4 atom stereocenters. The Bertz CT molecular complexity index is 622. The van der Waals surface area contributed by atoms with Crippen LogP contribution in [0.25, 0.3) is 0 Å². The van der Waals surface area contributed by atoms with Crippen LogP contribution in [0.1, 0.15) is 49.7 Å². The van der Waals surface area contributed by atoms with Crippen molar-refractivity contribution in [2.75, 3.05) is 5.32 Å². The molecule has 118 valence electrons. The van der Waals surface area contributed by atoms with Gasteiger partial charge in [-0.2, -0.15) is 0 Å². The lowest BCUT2D eigenvalue weighted by Crippen LogP contribution is -2.59. The van der Waals surface area contributed by atoms with E-state index in [4.69, 9.17) is 0 Å². The van der Waals surface area contributed by atoms with E-state index in [1.807, 2.05) is 12.1 Å². The molecule has 1 amide bonds. The van der Waals surface area contributed by atoms with Crippen LogP contribution in [-0.2, 0) is 4.79 Å². The molecule has 4 fully saturated rings. The standard InChI is InChI=1S/C19H25NO2/c1-12-4-3-5-16(13(12)2)20-17(21)18-7-14-6-15(8-18)10-19(22,9-14)11-18/h3-5,14-15,22H,6-11H2,1-2H3,(H,20,21)/t14-,15+,18?,19?. The number of nitrogens with one attached hydrogen (secondary N) is 1. The molecule has 0 heterocycles. The second-order valence-corrected chi connectivity index (χ2v) is 8.17. The predicted molar refractivity (Wildman–Crippen MR) is 86.6 cm³/mol. The van der Waals surface area contributed by atoms with E-state index in [2.05, 4.69) is 25.2 Å². The molecule has 3 heteroatoms. The molecular weight excluding hydrogens is 274 g/mol. The van der Waals surface area contributed by atoms with Gasteiger partial charge in [0.05, 0.1) is 11.0 Å². The zero-order valence-corrected chi connectivity index (χ0v) is 13.5. The van der Waals surface area contributed by atoms with E-state index in [1.54, 1.807) is 0 Å². The Labute approximate surface area is 132 Å². The van der Waals surface area contributed by atoms with Gasteiger partial charge in [0, 0.05) is 5.69 Å². The van der Waals surface area contributed by atoms with Crippen molar-refractivity contribution in [2.45, 2.75) is 58.0 Å². The van der Waals surface area contributed by atoms with Gasteiger partial charge in [0.15, 0.2) is 0 Å². The lowest BCUT2D eigenvalue weighted by atomic mass is 9.47. The first-order valence-corrected chi connectivity index (χ1v) is 8.49. The first-order chi connectivity index (χ1) is 10.4. The first kappa shape index (κ1) is 14.3. The molecule has 4 aliphatic rings. The average Bonchev–Trinajstić information content (AvgIpc) is 2.41. The highest BCUT2D eigenvalue weighted by atomic mass is 16.3. The number of anilines is 1. The van der Waals surface area contributed by atoms with Crippen molar-refractivity contribution < 1.29 is 9.90 Å². The van der Waals surface area contributed by atoms with Gasteiger partial charge in [0.1, 0.15) is 0 Å². The molecule has 22 heavy (non-hydrogen) atoms. The molecule has 4 aliphatic carbocycles. The SMILES string of the molecule is Cc1cccc(NC(=O)C23C[C@@H]4C[C@@H](CC(O)(C4)C2)C3)c1C. The maximum Gasteiger partial charge on any atom is 0.230 e. The summed E-state index contributed by atoms with van der Waals surface area (Å²) in [7, 11) is 0. The summed E-state index contributed by atoms with van der Waals surface area (Å²) in [5.41, 5.74) is 2.34. The quantitative estimate of drug-likeness (QED) is 0.877. The highest BCUT2D eigenvalue weighted by molar-refractivity contribution is 5.96. The van der Waals surface area contributed by atoms with Gasteiger partial charge in [-0.3, -0.25) is 4.79 Å². The predicted octanol–water partition coefficient (Wildman–Crippen LogP) is 3.57. The number of hydrogen-bond donors (Lipinski definition) is 2. The van der Waals surface area contributed by atoms with Gasteiger partial charge in [-0.1, -0.05) is 12.1 Å². The molecular formula is C19H25NO2. The molecule has 0 spiro atoms. The van der Waals surface area contributed by atoms with Gasteiger partial charge in [-0.05, 0) is 81.4 Å². The van der Waals surface area contributed by atoms with Crippen LogP contribution in [0.5, 0.6) is 0 Å². The van der Waals surface area contributed by atoms with E-state index < -0.39 is 5.60 Å². The Morgan fingerprint density at radius 1 is 1.18 bits per heavy atom. The van der Waals surface area contributed by atoms with E-state index in [0.29, 0.717) is 18.3 Å². The third-order valence-corrected chi connectivity index (χ3v) is 6.36. The number of carbonyl (C=O) groups excluding carboxylic acids is 1. The minimum Gasteiger partial charge on any atom is -0.390 e. The lowest BCUT2D eigenvalue weighted by molar-refractivity contribution is -0.174. The third-order valence-electron chi connectivity index (χ3n) is 6.36. The monoisotopic (exact) mass is 299 g/mol. The van der Waals surface area contributed by atoms with Crippen LogP contribution in [0.4, 0.5) is 5.69 Å². The van der Waals surface area contributed by atoms with Crippen LogP contribution in [0.3, 0.4) is 0 Å². The Hall–Kier alpha value is -1.35. The number of amides is 1. The van der Waals surface area contributed by atoms with Gasteiger partial charge in [0.25, 0.3) is 0 Å². The summed E-state index contributed by atoms with van der Waals surface area (Å²) in [6.45, 7) is 4.12. The molecule has 5 rings (SSSR count). The number of rotatable bonds is 2. The topological polar surface area (TPSA) is 49.3 Å². The zero-order valence-electron chi connectivity index (χ0n) is 13.5. The number of benzene rings is 1. The third kappa shape index (κ3) is 2.10. The van der Waals surface area contributed by atoms with E-state index in [1.165, 1.54) is 12.0 Å². The van der Waals surface area contributed by atoms with Crippen molar-refractivity contribution in [1.82, 2.24) is 0 Å². The summed E-state index contributed by atoms with van der Waals surface area (Å²) in [6, 6.07) is 6.04. The van der Waals surface area contributed by atoms with Crippen LogP contribution in [0.2, 0.25) is 0 Å². The van der Waals surface area contributed by atoms with Crippen molar-refractivity contribution in [3.8, 4) is 0 Å². The van der Waals surface area contributed by atoms with Crippen molar-refractivity contribution in [3.05, 3.63) is 29.3 Å². The van der Waals surface area contributed by atoms with E-state index in [9.17, 15) is 9.90 Å². The maximum absolute atomic E-state index is 13.0. The van der Waals surface area contributed by atoms with Gasteiger partial charge in [-0.15, -0.1) is 0 Å². The fourth-order valence-corrected chi connectivity index (χ4v) is 5.62. The Morgan fingerprint density at radius 3 is 2.50 bits per heavy atom. The number of carbonyl (C=O) groups is 1. The molecule has 1 aromatic carbocycles. The molecule has 2 N–H and O–H groups in total. The van der Waals surface area contributed by atoms with Crippen molar-refractivity contribution in [3.63, 3.8) is 0 Å². The normalized spacial score (nSPS) is 39.0. The van der Waals surface area contributed by atoms with E-state index in [-0.39, 0.29) is 11.3 Å². The maximum atomic E-state index is 13.0. The minimum absolute atomic E-state index is 0.133. The molecule has 3 nitrogen and oxygen atoms in total. The molecule has 0 aromatic heterocycles. The summed E-state index contributed by atoms with van der Waals surface area (Å²) >= 11 is 0. The first-order valence-electron chi connectivity index (χ1n) is 8.49. The molecule has 0 aliphatic heterocycles. The highest BCUT2D eigenvalue weighted by Gasteiger charge is 2.60. The summed E-state index contributed by atoms with van der Waals surface area (Å²) in [6.07, 6.45) is 5.60.